The van der Waals surface area contributed by atoms with Crippen molar-refractivity contribution in [1.29, 1.82) is 0 Å². The number of rotatable bonds is 7. The molecular weight excluding hydrogens is 503 g/mol. The van der Waals surface area contributed by atoms with Crippen molar-refractivity contribution in [1.82, 2.24) is 40.4 Å². The number of pyridine rings is 3. The molecule has 0 aliphatic heterocycles. The Morgan fingerprint density at radius 3 is 2.50 bits per heavy atom. The zero-order valence-electron chi connectivity index (χ0n) is 21.3. The second-order valence-electron chi connectivity index (χ2n) is 9.49. The highest BCUT2D eigenvalue weighted by molar-refractivity contribution is 5.95. The van der Waals surface area contributed by atoms with Crippen LogP contribution in [0.5, 0.6) is 0 Å². The van der Waals surface area contributed by atoms with Crippen molar-refractivity contribution in [3.05, 3.63) is 114 Å². The highest BCUT2D eigenvalue weighted by Gasteiger charge is 2.17. The molecule has 5 aromatic heterocycles. The highest BCUT2D eigenvalue weighted by Crippen LogP contribution is 2.31. The molecule has 9 heteroatoms. The number of halogens is 1. The zero-order chi connectivity index (χ0) is 26.9. The molecule has 0 unspecified atom stereocenters. The van der Waals surface area contributed by atoms with Gasteiger partial charge in [-0.2, -0.15) is 5.10 Å². The molecular formula is C31H23FN8. The summed E-state index contributed by atoms with van der Waals surface area (Å²) in [6.45, 7) is 1.47. The van der Waals surface area contributed by atoms with Crippen molar-refractivity contribution in [2.24, 2.45) is 0 Å². The van der Waals surface area contributed by atoms with E-state index >= 15 is 0 Å². The first-order valence-corrected chi connectivity index (χ1v) is 12.9. The summed E-state index contributed by atoms with van der Waals surface area (Å²) < 4.78 is 13.9. The Morgan fingerprint density at radius 1 is 0.725 bits per heavy atom. The summed E-state index contributed by atoms with van der Waals surface area (Å²) in [6, 6.07) is 24.5. The number of imidazole rings is 1. The number of fused-ring (bicyclic) bond motifs is 2. The molecule has 0 aliphatic carbocycles. The Morgan fingerprint density at radius 2 is 1.60 bits per heavy atom. The first-order chi connectivity index (χ1) is 19.7. The first kappa shape index (κ1) is 23.8. The molecule has 0 aliphatic rings. The van der Waals surface area contributed by atoms with Crippen molar-refractivity contribution in [2.75, 3.05) is 0 Å². The molecule has 0 radical (unpaired) electrons. The van der Waals surface area contributed by atoms with Gasteiger partial charge >= 0.3 is 0 Å². The Bertz CT molecular complexity index is 1960. The van der Waals surface area contributed by atoms with Gasteiger partial charge in [-0.1, -0.05) is 42.5 Å². The standard InChI is InChI=1S/C31H23FN8/c32-23-8-4-7-21(14-23)27-28-25(11-12-35-27)37-31(38-28)30-29-26(39-40-30)10-9-24(36-29)22-13-20(17-34-18-22)16-33-15-19-5-2-1-3-6-19/h1-14,17-18,33H,15-16H2,(H,37,38)(H,39,40). The van der Waals surface area contributed by atoms with E-state index in [4.69, 9.17) is 9.97 Å². The predicted octanol–water partition coefficient (Wildman–Crippen LogP) is 6.05. The van der Waals surface area contributed by atoms with Gasteiger partial charge in [-0.3, -0.25) is 15.1 Å². The van der Waals surface area contributed by atoms with E-state index in [0.29, 0.717) is 40.4 Å². The zero-order valence-corrected chi connectivity index (χ0v) is 21.3. The number of benzene rings is 2. The topological polar surface area (TPSA) is 108 Å². The van der Waals surface area contributed by atoms with Gasteiger partial charge in [0.1, 0.15) is 16.9 Å². The number of aromatic amines is 2. The molecule has 0 saturated heterocycles. The minimum Gasteiger partial charge on any atom is -0.336 e. The van der Waals surface area contributed by atoms with Crippen LogP contribution in [0.3, 0.4) is 0 Å². The van der Waals surface area contributed by atoms with Crippen LogP contribution in [0.25, 0.3) is 56.1 Å². The van der Waals surface area contributed by atoms with Crippen molar-refractivity contribution in [3.63, 3.8) is 0 Å². The molecule has 7 rings (SSSR count). The largest absolute Gasteiger partial charge is 0.336 e. The molecule has 0 saturated carbocycles. The Hall–Kier alpha value is -5.28. The van der Waals surface area contributed by atoms with E-state index in [0.717, 1.165) is 34.4 Å². The number of nitrogens with one attached hydrogen (secondary N) is 3. The van der Waals surface area contributed by atoms with Gasteiger partial charge < -0.3 is 10.3 Å². The van der Waals surface area contributed by atoms with Gasteiger partial charge in [0, 0.05) is 42.8 Å². The molecule has 40 heavy (non-hydrogen) atoms. The van der Waals surface area contributed by atoms with Crippen LogP contribution in [0.2, 0.25) is 0 Å². The maximum Gasteiger partial charge on any atom is 0.161 e. The Labute approximate surface area is 228 Å². The molecule has 3 N–H and O–H groups in total. The molecule has 7 aromatic rings. The van der Waals surface area contributed by atoms with E-state index in [1.54, 1.807) is 12.3 Å². The summed E-state index contributed by atoms with van der Waals surface area (Å²) in [4.78, 5) is 22.0. The minimum atomic E-state index is -0.326. The summed E-state index contributed by atoms with van der Waals surface area (Å²) in [5, 5.41) is 11.0. The summed E-state index contributed by atoms with van der Waals surface area (Å²) in [7, 11) is 0. The molecule has 2 aromatic carbocycles. The lowest BCUT2D eigenvalue weighted by molar-refractivity contribution is 0.628. The van der Waals surface area contributed by atoms with Gasteiger partial charge in [0.25, 0.3) is 0 Å². The SMILES string of the molecule is Fc1cccc(-c2nccc3[nH]c(-c4n[nH]c5ccc(-c6cncc(CNCc7ccccc7)c6)nc45)nc23)c1. The molecule has 194 valence electrons. The number of aromatic nitrogens is 7. The molecule has 0 bridgehead atoms. The fourth-order valence-corrected chi connectivity index (χ4v) is 4.79. The molecule has 0 fully saturated rings. The van der Waals surface area contributed by atoms with E-state index in [1.165, 1.54) is 17.7 Å². The number of H-pyrrole nitrogens is 2. The van der Waals surface area contributed by atoms with Crippen LogP contribution in [0.15, 0.2) is 97.5 Å². The number of nitrogens with zero attached hydrogens (tertiary/aromatic N) is 5. The van der Waals surface area contributed by atoms with Crippen molar-refractivity contribution in [3.8, 4) is 34.0 Å². The van der Waals surface area contributed by atoms with Crippen molar-refractivity contribution < 1.29 is 4.39 Å². The molecule has 0 amide bonds. The van der Waals surface area contributed by atoms with E-state index in [1.807, 2.05) is 54.9 Å². The van der Waals surface area contributed by atoms with Crippen LogP contribution in [0.4, 0.5) is 4.39 Å². The lowest BCUT2D eigenvalue weighted by Crippen LogP contribution is -2.12. The fraction of sp³-hybridized carbons (Fsp3) is 0.0645. The van der Waals surface area contributed by atoms with Crippen LogP contribution in [0.1, 0.15) is 11.1 Å². The predicted molar refractivity (Wildman–Crippen MR) is 152 cm³/mol. The highest BCUT2D eigenvalue weighted by atomic mass is 19.1. The monoisotopic (exact) mass is 526 g/mol. The first-order valence-electron chi connectivity index (χ1n) is 12.9. The fourth-order valence-electron chi connectivity index (χ4n) is 4.79. The second kappa shape index (κ2) is 10.1. The van der Waals surface area contributed by atoms with Gasteiger partial charge in [0.2, 0.25) is 0 Å². The van der Waals surface area contributed by atoms with Crippen LogP contribution in [0, 0.1) is 5.82 Å². The van der Waals surface area contributed by atoms with E-state index < -0.39 is 0 Å². The third kappa shape index (κ3) is 4.59. The summed E-state index contributed by atoms with van der Waals surface area (Å²) in [5.41, 5.74) is 8.71. The quantitative estimate of drug-likeness (QED) is 0.233. The third-order valence-electron chi connectivity index (χ3n) is 6.72. The third-order valence-corrected chi connectivity index (χ3v) is 6.72. The van der Waals surface area contributed by atoms with Crippen molar-refractivity contribution in [2.45, 2.75) is 13.1 Å². The van der Waals surface area contributed by atoms with Crippen LogP contribution >= 0.6 is 0 Å². The Balaban J connectivity index is 1.20. The average molecular weight is 527 g/mol. The van der Waals surface area contributed by atoms with Gasteiger partial charge in [0.05, 0.1) is 22.4 Å². The molecule has 0 spiro atoms. The smallest absolute Gasteiger partial charge is 0.161 e. The van der Waals surface area contributed by atoms with E-state index in [2.05, 4.69) is 48.7 Å². The van der Waals surface area contributed by atoms with E-state index in [9.17, 15) is 4.39 Å². The van der Waals surface area contributed by atoms with Gasteiger partial charge in [-0.15, -0.1) is 0 Å². The average Bonchev–Trinajstić information content (AvgIpc) is 3.62. The van der Waals surface area contributed by atoms with E-state index in [-0.39, 0.29) is 5.82 Å². The molecule has 0 atom stereocenters. The summed E-state index contributed by atoms with van der Waals surface area (Å²) in [6.07, 6.45) is 5.35. The van der Waals surface area contributed by atoms with Gasteiger partial charge in [0.15, 0.2) is 11.5 Å². The van der Waals surface area contributed by atoms with Crippen LogP contribution in [-0.2, 0) is 13.1 Å². The summed E-state index contributed by atoms with van der Waals surface area (Å²) in [5.74, 6) is 0.223. The number of hydrogen-bond acceptors (Lipinski definition) is 6. The molecule has 8 nitrogen and oxygen atoms in total. The number of hydrogen-bond donors (Lipinski definition) is 3. The molecule has 5 heterocycles. The van der Waals surface area contributed by atoms with Crippen molar-refractivity contribution >= 4 is 22.1 Å². The minimum absolute atomic E-state index is 0.326. The van der Waals surface area contributed by atoms with Gasteiger partial charge in [-0.05, 0) is 47.5 Å². The lowest BCUT2D eigenvalue weighted by Gasteiger charge is -2.07. The summed E-state index contributed by atoms with van der Waals surface area (Å²) >= 11 is 0. The normalized spacial score (nSPS) is 11.4. The van der Waals surface area contributed by atoms with Gasteiger partial charge in [-0.25, -0.2) is 14.4 Å². The van der Waals surface area contributed by atoms with Crippen LogP contribution < -0.4 is 5.32 Å². The Kier molecular flexibility index (Phi) is 6.02. The second-order valence-corrected chi connectivity index (χ2v) is 9.49. The maximum atomic E-state index is 13.9. The lowest BCUT2D eigenvalue weighted by atomic mass is 10.1. The maximum absolute atomic E-state index is 13.9. The van der Waals surface area contributed by atoms with Crippen LogP contribution in [-0.4, -0.2) is 35.1 Å².